The molecule has 0 atom stereocenters. The van der Waals surface area contributed by atoms with Crippen LogP contribution in [0.4, 0.5) is 16.2 Å². The van der Waals surface area contributed by atoms with Gasteiger partial charge >= 0.3 is 6.03 Å². The molecule has 12 nitrogen and oxygen atoms in total. The first-order valence-electron chi connectivity index (χ1n) is 9.04. The van der Waals surface area contributed by atoms with Gasteiger partial charge in [0.2, 0.25) is 10.0 Å². The first-order valence-corrected chi connectivity index (χ1v) is 13.8. The first kappa shape index (κ1) is 26.3. The Hall–Kier alpha value is -2.98. The number of nitrogens with one attached hydrogen (secondary N) is 3. The average Bonchev–Trinajstić information content (AvgIpc) is 2.65. The molecule has 0 aromatic heterocycles. The molecule has 33 heavy (non-hydrogen) atoms. The van der Waals surface area contributed by atoms with Crippen LogP contribution in [0.3, 0.4) is 0 Å². The zero-order valence-electron chi connectivity index (χ0n) is 17.3. The number of rotatable bonds is 8. The maximum absolute atomic E-state index is 11.8. The summed E-state index contributed by atoms with van der Waals surface area (Å²) in [4.78, 5) is 10.4. The van der Waals surface area contributed by atoms with Crippen LogP contribution in [0.2, 0.25) is 0 Å². The SMILES string of the molecule is CCNC(=O)Nc1ccc(/C=C/c2ccc(NS(C)(=O)=O)cc2S(=O)(=O)O)c(S(=O)(=O)O)c1. The third kappa shape index (κ3) is 7.83. The zero-order valence-corrected chi connectivity index (χ0v) is 19.8. The third-order valence-electron chi connectivity index (χ3n) is 3.92. The summed E-state index contributed by atoms with van der Waals surface area (Å²) >= 11 is 0. The monoisotopic (exact) mass is 519 g/mol. The van der Waals surface area contributed by atoms with Gasteiger partial charge in [-0.25, -0.2) is 13.2 Å². The molecule has 2 aromatic rings. The lowest BCUT2D eigenvalue weighted by atomic mass is 10.1. The van der Waals surface area contributed by atoms with Crippen LogP contribution < -0.4 is 15.4 Å². The van der Waals surface area contributed by atoms with E-state index in [1.165, 1.54) is 24.3 Å². The van der Waals surface area contributed by atoms with Gasteiger partial charge in [-0.05, 0) is 42.3 Å². The van der Waals surface area contributed by atoms with Crippen LogP contribution in [-0.4, -0.2) is 53.2 Å². The summed E-state index contributed by atoms with van der Waals surface area (Å²) in [5.41, 5.74) is -0.205. The smallest absolute Gasteiger partial charge is 0.319 e. The molecule has 0 unspecified atom stereocenters. The van der Waals surface area contributed by atoms with Crippen molar-refractivity contribution in [2.75, 3.05) is 22.8 Å². The van der Waals surface area contributed by atoms with Gasteiger partial charge in [0.05, 0.1) is 6.26 Å². The molecule has 0 aliphatic rings. The maximum atomic E-state index is 11.8. The zero-order chi connectivity index (χ0) is 25.0. The second-order valence-corrected chi connectivity index (χ2v) is 11.2. The number of hydrogen-bond acceptors (Lipinski definition) is 7. The summed E-state index contributed by atoms with van der Waals surface area (Å²) < 4.78 is 91.1. The Bertz CT molecular complexity index is 1420. The van der Waals surface area contributed by atoms with Crippen molar-refractivity contribution in [3.05, 3.63) is 47.5 Å². The van der Waals surface area contributed by atoms with Crippen molar-refractivity contribution in [2.24, 2.45) is 0 Å². The number of sulfonamides is 1. The van der Waals surface area contributed by atoms with Gasteiger partial charge in [0.15, 0.2) is 0 Å². The van der Waals surface area contributed by atoms with E-state index < -0.39 is 46.1 Å². The molecule has 0 radical (unpaired) electrons. The lowest BCUT2D eigenvalue weighted by Gasteiger charge is -2.10. The molecule has 15 heteroatoms. The van der Waals surface area contributed by atoms with E-state index in [1.807, 2.05) is 0 Å². The van der Waals surface area contributed by atoms with Gasteiger partial charge in [0, 0.05) is 17.9 Å². The Morgan fingerprint density at radius 3 is 1.73 bits per heavy atom. The number of hydrogen-bond donors (Lipinski definition) is 5. The number of carbonyl (C=O) groups is 1. The fourth-order valence-electron chi connectivity index (χ4n) is 2.66. The number of urea groups is 1. The van der Waals surface area contributed by atoms with Crippen LogP contribution in [0.15, 0.2) is 46.2 Å². The van der Waals surface area contributed by atoms with Gasteiger partial charge < -0.3 is 10.6 Å². The summed E-state index contributed by atoms with van der Waals surface area (Å²) in [5.74, 6) is 0. The van der Waals surface area contributed by atoms with Crippen molar-refractivity contribution in [1.29, 1.82) is 0 Å². The number of amides is 2. The predicted molar refractivity (Wildman–Crippen MR) is 123 cm³/mol. The molecular weight excluding hydrogens is 498 g/mol. The lowest BCUT2D eigenvalue weighted by molar-refractivity contribution is 0.252. The highest BCUT2D eigenvalue weighted by molar-refractivity contribution is 7.92. The molecule has 0 fully saturated rings. The summed E-state index contributed by atoms with van der Waals surface area (Å²) in [6.07, 6.45) is 3.16. The summed E-state index contributed by atoms with van der Waals surface area (Å²) in [6.45, 7) is 2.01. The molecule has 0 aliphatic carbocycles. The van der Waals surface area contributed by atoms with E-state index in [2.05, 4.69) is 15.4 Å². The highest BCUT2D eigenvalue weighted by atomic mass is 32.2. The molecule has 180 valence electrons. The lowest BCUT2D eigenvalue weighted by Crippen LogP contribution is -2.28. The highest BCUT2D eigenvalue weighted by Crippen LogP contribution is 2.26. The quantitative estimate of drug-likeness (QED) is 0.255. The van der Waals surface area contributed by atoms with Crippen molar-refractivity contribution < 1.29 is 39.2 Å². The molecule has 0 spiro atoms. The van der Waals surface area contributed by atoms with Crippen LogP contribution in [-0.2, 0) is 30.3 Å². The average molecular weight is 520 g/mol. The Morgan fingerprint density at radius 2 is 1.30 bits per heavy atom. The molecule has 5 N–H and O–H groups in total. The van der Waals surface area contributed by atoms with Crippen molar-refractivity contribution in [3.8, 4) is 0 Å². The van der Waals surface area contributed by atoms with Crippen LogP contribution in [0.1, 0.15) is 18.1 Å². The Balaban J connectivity index is 2.52. The van der Waals surface area contributed by atoms with Gasteiger partial charge in [-0.3, -0.25) is 13.8 Å². The summed E-state index contributed by atoms with van der Waals surface area (Å²) in [5, 5.41) is 4.85. The van der Waals surface area contributed by atoms with Crippen molar-refractivity contribution in [3.63, 3.8) is 0 Å². The fraction of sp³-hybridized carbons (Fsp3) is 0.167. The van der Waals surface area contributed by atoms with Gasteiger partial charge in [-0.15, -0.1) is 0 Å². The normalized spacial score (nSPS) is 12.5. The van der Waals surface area contributed by atoms with Crippen LogP contribution in [0.5, 0.6) is 0 Å². The first-order chi connectivity index (χ1) is 15.1. The Kier molecular flexibility index (Phi) is 7.87. The molecule has 0 saturated heterocycles. The van der Waals surface area contributed by atoms with Gasteiger partial charge in [-0.2, -0.15) is 16.8 Å². The van der Waals surface area contributed by atoms with E-state index in [-0.39, 0.29) is 22.5 Å². The Morgan fingerprint density at radius 1 is 0.848 bits per heavy atom. The second kappa shape index (κ2) is 9.88. The molecule has 0 saturated carbocycles. The molecule has 0 aliphatic heterocycles. The maximum Gasteiger partial charge on any atom is 0.319 e. The number of benzene rings is 2. The van der Waals surface area contributed by atoms with Crippen LogP contribution in [0, 0.1) is 0 Å². The van der Waals surface area contributed by atoms with Gasteiger partial charge in [-0.1, -0.05) is 24.3 Å². The van der Waals surface area contributed by atoms with Crippen molar-refractivity contribution in [2.45, 2.75) is 16.7 Å². The largest absolute Gasteiger partial charge is 0.338 e. The molecule has 2 aromatic carbocycles. The van der Waals surface area contributed by atoms with Crippen LogP contribution in [0.25, 0.3) is 12.2 Å². The minimum atomic E-state index is -4.79. The van der Waals surface area contributed by atoms with Crippen molar-refractivity contribution >= 4 is 59.8 Å². The van der Waals surface area contributed by atoms with E-state index in [9.17, 15) is 39.2 Å². The van der Waals surface area contributed by atoms with E-state index >= 15 is 0 Å². The van der Waals surface area contributed by atoms with E-state index in [4.69, 9.17) is 0 Å². The molecule has 2 rings (SSSR count). The highest BCUT2D eigenvalue weighted by Gasteiger charge is 2.18. The molecule has 0 bridgehead atoms. The molecule has 2 amide bonds. The fourth-order valence-corrected chi connectivity index (χ4v) is 4.64. The van der Waals surface area contributed by atoms with Gasteiger partial charge in [0.25, 0.3) is 20.2 Å². The third-order valence-corrected chi connectivity index (χ3v) is 6.35. The van der Waals surface area contributed by atoms with Crippen LogP contribution >= 0.6 is 0 Å². The van der Waals surface area contributed by atoms with E-state index in [0.717, 1.165) is 30.5 Å². The minimum absolute atomic E-state index is 0.0569. The molecule has 0 heterocycles. The topological polar surface area (TPSA) is 196 Å². The predicted octanol–water partition coefficient (Wildman–Crippen LogP) is 1.86. The molecular formula is C18H21N3O9S3. The standard InChI is InChI=1S/C18H21N3O9S3/c1-3-19-18(22)20-14-8-6-12(16(10-14)32(25,26)27)4-5-13-7-9-15(21-31(2,23)24)11-17(13)33(28,29)30/h4-11,21H,3H2,1-2H3,(H2,19,20,22)(H,25,26,27)(H,28,29,30)/b5-4+. The number of carbonyl (C=O) groups excluding carboxylic acids is 1. The van der Waals surface area contributed by atoms with Gasteiger partial charge in [0.1, 0.15) is 9.79 Å². The van der Waals surface area contributed by atoms with E-state index in [0.29, 0.717) is 6.54 Å². The second-order valence-electron chi connectivity index (χ2n) is 6.65. The summed E-state index contributed by atoms with van der Waals surface area (Å²) in [7, 11) is -13.2. The van der Waals surface area contributed by atoms with Crippen molar-refractivity contribution in [1.82, 2.24) is 5.32 Å². The summed E-state index contributed by atoms with van der Waals surface area (Å²) in [6, 6.07) is 6.33. The number of anilines is 2. The van der Waals surface area contributed by atoms with E-state index in [1.54, 1.807) is 6.92 Å². The minimum Gasteiger partial charge on any atom is -0.338 e. The Labute approximate surface area is 191 Å².